The zero-order valence-corrected chi connectivity index (χ0v) is 18.8. The van der Waals surface area contributed by atoms with Crippen LogP contribution in [0.2, 0.25) is 0 Å². The Morgan fingerprint density at radius 1 is 1.12 bits per heavy atom. The van der Waals surface area contributed by atoms with Gasteiger partial charge >= 0.3 is 6.18 Å². The average molecular weight is 464 g/mol. The van der Waals surface area contributed by atoms with Gasteiger partial charge in [-0.15, -0.1) is 0 Å². The van der Waals surface area contributed by atoms with Crippen LogP contribution in [0.25, 0.3) is 11.4 Å². The molecule has 0 spiro atoms. The molecule has 6 nitrogen and oxygen atoms in total. The molecule has 2 heterocycles. The summed E-state index contributed by atoms with van der Waals surface area (Å²) in [5.74, 6) is 1.06. The first-order valence-corrected chi connectivity index (χ1v) is 12.0. The second-order valence-electron chi connectivity index (χ2n) is 9.31. The van der Waals surface area contributed by atoms with Gasteiger partial charge in [0.2, 0.25) is 11.7 Å². The minimum Gasteiger partial charge on any atom is -0.370 e. The molecular weight excluding hydrogens is 431 g/mol. The Labute approximate surface area is 192 Å². The van der Waals surface area contributed by atoms with Crippen molar-refractivity contribution in [2.75, 3.05) is 6.54 Å². The van der Waals surface area contributed by atoms with Crippen LogP contribution in [0.4, 0.5) is 13.2 Å². The molecule has 0 amide bonds. The Hall–Kier alpha value is -2.58. The highest BCUT2D eigenvalue weighted by Gasteiger charge is 2.35. The van der Waals surface area contributed by atoms with Crippen molar-refractivity contribution in [1.82, 2.24) is 15.0 Å². The predicted octanol–water partition coefficient (Wildman–Crippen LogP) is 6.08. The molecule has 1 aromatic heterocycles. The van der Waals surface area contributed by atoms with Crippen molar-refractivity contribution in [3.8, 4) is 11.4 Å². The summed E-state index contributed by atoms with van der Waals surface area (Å²) in [6.07, 6.45) is 6.75. The van der Waals surface area contributed by atoms with E-state index in [0.717, 1.165) is 37.7 Å². The smallest absolute Gasteiger partial charge is 0.370 e. The van der Waals surface area contributed by atoms with Crippen molar-refractivity contribution < 1.29 is 17.7 Å². The van der Waals surface area contributed by atoms with E-state index in [4.69, 9.17) is 15.7 Å². The van der Waals surface area contributed by atoms with Gasteiger partial charge in [-0.1, -0.05) is 62.2 Å². The second-order valence-corrected chi connectivity index (χ2v) is 9.31. The molecule has 1 saturated heterocycles. The van der Waals surface area contributed by atoms with Crippen molar-refractivity contribution in [2.24, 2.45) is 11.7 Å². The highest BCUT2D eigenvalue weighted by molar-refractivity contribution is 5.75. The molecule has 1 aromatic carbocycles. The SMILES string of the molecule is N=C(N)N1CCCC1c1nc(-c2ccc(CCCCC3CCCCC3)c(C(F)(F)F)c2)no1. The van der Waals surface area contributed by atoms with E-state index in [1.807, 2.05) is 0 Å². The molecule has 1 saturated carbocycles. The first-order valence-electron chi connectivity index (χ1n) is 12.0. The molecule has 2 aromatic rings. The number of hydrogen-bond acceptors (Lipinski definition) is 4. The van der Waals surface area contributed by atoms with Crippen molar-refractivity contribution in [2.45, 2.75) is 82.8 Å². The number of aromatic nitrogens is 2. The van der Waals surface area contributed by atoms with E-state index >= 15 is 0 Å². The van der Waals surface area contributed by atoms with Crippen LogP contribution < -0.4 is 5.73 Å². The Kier molecular flexibility index (Phi) is 7.24. The van der Waals surface area contributed by atoms with Crippen LogP contribution in [-0.2, 0) is 12.6 Å². The van der Waals surface area contributed by atoms with Gasteiger partial charge in [-0.2, -0.15) is 18.2 Å². The molecule has 4 rings (SSSR count). The minimum absolute atomic E-state index is 0.0792. The maximum Gasteiger partial charge on any atom is 0.416 e. The lowest BCUT2D eigenvalue weighted by Gasteiger charge is -2.21. The highest BCUT2D eigenvalue weighted by Crippen LogP contribution is 2.37. The van der Waals surface area contributed by atoms with Crippen molar-refractivity contribution in [3.63, 3.8) is 0 Å². The zero-order valence-electron chi connectivity index (χ0n) is 18.8. The van der Waals surface area contributed by atoms with Crippen molar-refractivity contribution in [1.29, 1.82) is 5.41 Å². The van der Waals surface area contributed by atoms with Gasteiger partial charge in [0.05, 0.1) is 5.56 Å². The molecule has 2 aliphatic rings. The largest absolute Gasteiger partial charge is 0.416 e. The summed E-state index contributed by atoms with van der Waals surface area (Å²) in [6.45, 7) is 0.616. The summed E-state index contributed by atoms with van der Waals surface area (Å²) in [6, 6.07) is 4.00. The molecule has 3 N–H and O–H groups in total. The highest BCUT2D eigenvalue weighted by atomic mass is 19.4. The topological polar surface area (TPSA) is 92.0 Å². The standard InChI is InChI=1S/C24H32F3N5O/c25-24(26,27)19-15-18(13-12-17(19)10-5-4-9-16-7-2-1-3-8-16)21-30-22(33-31-21)20-11-6-14-32(20)23(28)29/h12-13,15-16,20H,1-11,14H2,(H3,28,29). The van der Waals surface area contributed by atoms with E-state index in [0.29, 0.717) is 24.9 Å². The molecule has 1 atom stereocenters. The fourth-order valence-corrected chi connectivity index (χ4v) is 5.22. The normalized spacial score (nSPS) is 19.8. The number of hydrogen-bond donors (Lipinski definition) is 2. The first-order chi connectivity index (χ1) is 15.8. The average Bonchev–Trinajstić information content (AvgIpc) is 3.46. The lowest BCUT2D eigenvalue weighted by molar-refractivity contribution is -0.138. The molecule has 1 aliphatic heterocycles. The van der Waals surface area contributed by atoms with Gasteiger partial charge in [-0.3, -0.25) is 5.41 Å². The van der Waals surface area contributed by atoms with Crippen LogP contribution >= 0.6 is 0 Å². The third-order valence-electron chi connectivity index (χ3n) is 7.00. The van der Waals surface area contributed by atoms with Crippen molar-refractivity contribution in [3.05, 3.63) is 35.2 Å². The zero-order chi connectivity index (χ0) is 23.4. The monoisotopic (exact) mass is 463 g/mol. The maximum atomic E-state index is 13.8. The third kappa shape index (κ3) is 5.68. The molecule has 9 heteroatoms. The Bertz CT molecular complexity index is 952. The summed E-state index contributed by atoms with van der Waals surface area (Å²) in [5.41, 5.74) is 5.58. The second kappa shape index (κ2) is 10.1. The number of guanidine groups is 1. The van der Waals surface area contributed by atoms with Crippen LogP contribution in [0.1, 0.15) is 87.3 Å². The number of alkyl halides is 3. The van der Waals surface area contributed by atoms with E-state index in [9.17, 15) is 13.2 Å². The van der Waals surface area contributed by atoms with E-state index < -0.39 is 11.7 Å². The molecular formula is C24H32F3N5O. The van der Waals surface area contributed by atoms with E-state index in [2.05, 4.69) is 10.1 Å². The Balaban J connectivity index is 1.45. The number of benzene rings is 1. The molecule has 2 fully saturated rings. The molecule has 1 unspecified atom stereocenters. The maximum absolute atomic E-state index is 13.8. The van der Waals surface area contributed by atoms with E-state index in [1.165, 1.54) is 32.1 Å². The summed E-state index contributed by atoms with van der Waals surface area (Å²) < 4.78 is 46.8. The van der Waals surface area contributed by atoms with Crippen LogP contribution in [0.15, 0.2) is 22.7 Å². The lowest BCUT2D eigenvalue weighted by Crippen LogP contribution is -2.35. The fourth-order valence-electron chi connectivity index (χ4n) is 5.22. The van der Waals surface area contributed by atoms with Crippen LogP contribution in [-0.4, -0.2) is 27.5 Å². The number of halogens is 3. The van der Waals surface area contributed by atoms with Crippen LogP contribution in [0, 0.1) is 11.3 Å². The molecule has 0 bridgehead atoms. The summed E-state index contributed by atoms with van der Waals surface area (Å²) in [7, 11) is 0. The quantitative estimate of drug-likeness (QED) is 0.295. The number of nitrogens with two attached hydrogens (primary N) is 1. The summed E-state index contributed by atoms with van der Waals surface area (Å²) >= 11 is 0. The van der Waals surface area contributed by atoms with Crippen LogP contribution in [0.3, 0.4) is 0 Å². The number of nitrogens with one attached hydrogen (secondary N) is 1. The molecule has 1 aliphatic carbocycles. The van der Waals surface area contributed by atoms with Gasteiger partial charge in [-0.25, -0.2) is 0 Å². The van der Waals surface area contributed by atoms with Gasteiger partial charge in [0.15, 0.2) is 5.96 Å². The summed E-state index contributed by atoms with van der Waals surface area (Å²) in [4.78, 5) is 6.00. The van der Waals surface area contributed by atoms with Gasteiger partial charge in [-0.05, 0) is 43.2 Å². The molecule has 0 radical (unpaired) electrons. The number of likely N-dealkylation sites (tertiary alicyclic amines) is 1. The summed E-state index contributed by atoms with van der Waals surface area (Å²) in [5, 5.41) is 11.6. The van der Waals surface area contributed by atoms with E-state index in [-0.39, 0.29) is 29.3 Å². The number of unbranched alkanes of at least 4 members (excludes halogenated alkanes) is 1. The molecule has 33 heavy (non-hydrogen) atoms. The molecule has 180 valence electrons. The predicted molar refractivity (Wildman–Crippen MR) is 119 cm³/mol. The minimum atomic E-state index is -4.45. The number of aryl methyl sites for hydroxylation is 1. The Morgan fingerprint density at radius 2 is 1.91 bits per heavy atom. The lowest BCUT2D eigenvalue weighted by atomic mass is 9.85. The number of nitrogens with zero attached hydrogens (tertiary/aromatic N) is 3. The Morgan fingerprint density at radius 3 is 2.64 bits per heavy atom. The first kappa shape index (κ1) is 23.6. The van der Waals surface area contributed by atoms with Crippen molar-refractivity contribution >= 4 is 5.96 Å². The van der Waals surface area contributed by atoms with Gasteiger partial charge < -0.3 is 15.2 Å². The number of rotatable bonds is 7. The van der Waals surface area contributed by atoms with Gasteiger partial charge in [0, 0.05) is 12.1 Å². The van der Waals surface area contributed by atoms with Crippen LogP contribution in [0.5, 0.6) is 0 Å². The van der Waals surface area contributed by atoms with Gasteiger partial charge in [0.25, 0.3) is 0 Å². The van der Waals surface area contributed by atoms with E-state index in [1.54, 1.807) is 17.0 Å². The third-order valence-corrected chi connectivity index (χ3v) is 7.00. The fraction of sp³-hybridized carbons (Fsp3) is 0.625. The van der Waals surface area contributed by atoms with Gasteiger partial charge in [0.1, 0.15) is 6.04 Å².